The SMILES string of the molecule is O=C(N1CCN(c2ncc(C(F)(F)F)cn2)CC1)N1CCC[C@@H](Nc2cc(C(F)(F)F)c(=O)[nH]n2)C1. The molecule has 2 aliphatic rings. The number of anilines is 2. The number of hydrogen-bond acceptors (Lipinski definition) is 7. The molecule has 2 aromatic rings. The number of halogens is 6. The Balaban J connectivity index is 1.32. The van der Waals surface area contributed by atoms with Gasteiger partial charge in [0.05, 0.1) is 5.56 Å². The fourth-order valence-electron chi connectivity index (χ4n) is 4.10. The molecule has 2 aromatic heterocycles. The number of H-pyrrole nitrogens is 1. The highest BCUT2D eigenvalue weighted by atomic mass is 19.4. The van der Waals surface area contributed by atoms with Gasteiger partial charge >= 0.3 is 18.4 Å². The zero-order valence-electron chi connectivity index (χ0n) is 18.7. The first kappa shape index (κ1) is 25.5. The van der Waals surface area contributed by atoms with Gasteiger partial charge in [0.25, 0.3) is 5.56 Å². The van der Waals surface area contributed by atoms with Crippen LogP contribution in [0.5, 0.6) is 0 Å². The summed E-state index contributed by atoms with van der Waals surface area (Å²) in [5, 5.41) is 8.30. The number of piperazine rings is 1. The van der Waals surface area contributed by atoms with Gasteiger partial charge in [0.2, 0.25) is 5.95 Å². The van der Waals surface area contributed by atoms with Crippen LogP contribution in [0.4, 0.5) is 42.9 Å². The predicted octanol–water partition coefficient (Wildman–Crippen LogP) is 2.42. The quantitative estimate of drug-likeness (QED) is 0.599. The third kappa shape index (κ3) is 5.79. The standard InChI is InChI=1S/C20H22F6N8O2/c21-19(22,23)12-9-27-17(28-10-12)32-4-6-33(7-5-32)18(36)34-3-1-2-13(11-34)29-15-8-14(20(24,25)26)16(35)31-30-15/h8-10,13H,1-7,11H2,(H,29,30)(H,31,35)/t13-/m1/s1. The number of carbonyl (C=O) groups is 1. The van der Waals surface area contributed by atoms with E-state index >= 15 is 0 Å². The highest BCUT2D eigenvalue weighted by molar-refractivity contribution is 5.75. The lowest BCUT2D eigenvalue weighted by atomic mass is 10.1. The van der Waals surface area contributed by atoms with Gasteiger partial charge < -0.3 is 20.0 Å². The number of carbonyl (C=O) groups excluding carboxylic acids is 1. The predicted molar refractivity (Wildman–Crippen MR) is 114 cm³/mol. The van der Waals surface area contributed by atoms with E-state index in [9.17, 15) is 35.9 Å². The molecule has 2 saturated heterocycles. The van der Waals surface area contributed by atoms with Gasteiger partial charge in [-0.3, -0.25) is 4.79 Å². The molecule has 10 nitrogen and oxygen atoms in total. The average Bonchev–Trinajstić information content (AvgIpc) is 2.84. The van der Waals surface area contributed by atoms with Crippen LogP contribution in [0.1, 0.15) is 24.0 Å². The lowest BCUT2D eigenvalue weighted by Gasteiger charge is -2.40. The van der Waals surface area contributed by atoms with Crippen LogP contribution in [-0.2, 0) is 12.4 Å². The number of alkyl halides is 6. The van der Waals surface area contributed by atoms with Crippen molar-refractivity contribution in [3.8, 4) is 0 Å². The van der Waals surface area contributed by atoms with E-state index in [2.05, 4.69) is 20.4 Å². The minimum atomic E-state index is -4.82. The second-order valence-electron chi connectivity index (χ2n) is 8.45. The van der Waals surface area contributed by atoms with Crippen LogP contribution in [0.2, 0.25) is 0 Å². The summed E-state index contributed by atoms with van der Waals surface area (Å²) in [5.41, 5.74) is -3.65. The van der Waals surface area contributed by atoms with E-state index in [-0.39, 0.29) is 30.4 Å². The summed E-state index contributed by atoms with van der Waals surface area (Å²) in [6.07, 6.45) is -6.72. The molecule has 0 radical (unpaired) electrons. The maximum absolute atomic E-state index is 13.0. The normalized spacial score (nSPS) is 19.4. The molecular formula is C20H22F6N8O2. The van der Waals surface area contributed by atoms with Gasteiger partial charge in [-0.25, -0.2) is 19.9 Å². The van der Waals surface area contributed by atoms with Crippen LogP contribution < -0.4 is 15.8 Å². The molecule has 4 rings (SSSR count). The van der Waals surface area contributed by atoms with Gasteiger partial charge in [-0.1, -0.05) is 0 Å². The Kier molecular flexibility index (Phi) is 6.95. The molecule has 2 amide bonds. The van der Waals surface area contributed by atoms with Crippen molar-refractivity contribution >= 4 is 17.8 Å². The van der Waals surface area contributed by atoms with E-state index in [0.717, 1.165) is 12.4 Å². The molecule has 2 N–H and O–H groups in total. The van der Waals surface area contributed by atoms with Crippen LogP contribution in [0.25, 0.3) is 0 Å². The largest absolute Gasteiger partial charge is 0.421 e. The summed E-state index contributed by atoms with van der Waals surface area (Å²) >= 11 is 0. The monoisotopic (exact) mass is 520 g/mol. The molecule has 1 atom stereocenters. The Labute approximate surface area is 200 Å². The Morgan fingerprint density at radius 3 is 2.25 bits per heavy atom. The Morgan fingerprint density at radius 2 is 1.64 bits per heavy atom. The lowest BCUT2D eigenvalue weighted by Crippen LogP contribution is -2.56. The van der Waals surface area contributed by atoms with Crippen molar-refractivity contribution in [2.24, 2.45) is 0 Å². The van der Waals surface area contributed by atoms with Gasteiger partial charge in [-0.15, -0.1) is 0 Å². The van der Waals surface area contributed by atoms with Crippen molar-refractivity contribution in [2.75, 3.05) is 49.5 Å². The van der Waals surface area contributed by atoms with Gasteiger partial charge in [0.1, 0.15) is 11.4 Å². The van der Waals surface area contributed by atoms with Crippen LogP contribution >= 0.6 is 0 Å². The zero-order valence-corrected chi connectivity index (χ0v) is 18.7. The van der Waals surface area contributed by atoms with Crippen LogP contribution in [-0.4, -0.2) is 81.3 Å². The third-order valence-corrected chi connectivity index (χ3v) is 5.95. The topological polar surface area (TPSA) is 110 Å². The van der Waals surface area contributed by atoms with Gasteiger partial charge in [-0.2, -0.15) is 31.4 Å². The van der Waals surface area contributed by atoms with Crippen molar-refractivity contribution in [1.29, 1.82) is 0 Å². The summed E-state index contributed by atoms with van der Waals surface area (Å²) in [6, 6.07) is 0.0196. The Morgan fingerprint density at radius 1 is 0.972 bits per heavy atom. The molecule has 4 heterocycles. The molecular weight excluding hydrogens is 498 g/mol. The van der Waals surface area contributed by atoms with E-state index in [1.54, 1.807) is 14.7 Å². The highest BCUT2D eigenvalue weighted by Gasteiger charge is 2.35. The van der Waals surface area contributed by atoms with E-state index in [1.165, 1.54) is 0 Å². The summed E-state index contributed by atoms with van der Waals surface area (Å²) < 4.78 is 77.1. The Hall–Kier alpha value is -3.59. The van der Waals surface area contributed by atoms with E-state index < -0.39 is 29.0 Å². The number of nitrogens with zero attached hydrogens (tertiary/aromatic N) is 6. The number of likely N-dealkylation sites (tertiary alicyclic amines) is 1. The number of hydrogen-bond donors (Lipinski definition) is 2. The number of rotatable bonds is 3. The number of piperidine rings is 1. The number of aromatic amines is 1. The van der Waals surface area contributed by atoms with Crippen LogP contribution in [0.3, 0.4) is 0 Å². The summed E-state index contributed by atoms with van der Waals surface area (Å²) in [5.74, 6) is -0.00431. The molecule has 0 aromatic carbocycles. The van der Waals surface area contributed by atoms with E-state index in [4.69, 9.17) is 0 Å². The summed E-state index contributed by atoms with van der Waals surface area (Å²) in [4.78, 5) is 36.9. The molecule has 36 heavy (non-hydrogen) atoms. The molecule has 0 saturated carbocycles. The lowest BCUT2D eigenvalue weighted by molar-refractivity contribution is -0.139. The maximum Gasteiger partial charge on any atom is 0.421 e. The van der Waals surface area contributed by atoms with Gasteiger partial charge in [0, 0.05) is 63.8 Å². The minimum Gasteiger partial charge on any atom is -0.364 e. The van der Waals surface area contributed by atoms with E-state index in [0.29, 0.717) is 51.6 Å². The molecule has 2 fully saturated rings. The first-order valence-corrected chi connectivity index (χ1v) is 11.0. The van der Waals surface area contributed by atoms with Crippen molar-refractivity contribution in [3.63, 3.8) is 0 Å². The summed E-state index contributed by atoms with van der Waals surface area (Å²) in [7, 11) is 0. The zero-order chi connectivity index (χ0) is 26.1. The smallest absolute Gasteiger partial charge is 0.364 e. The number of aromatic nitrogens is 4. The van der Waals surface area contributed by atoms with Crippen molar-refractivity contribution in [2.45, 2.75) is 31.2 Å². The van der Waals surface area contributed by atoms with Crippen molar-refractivity contribution < 1.29 is 31.1 Å². The second-order valence-corrected chi connectivity index (χ2v) is 8.45. The van der Waals surface area contributed by atoms with Gasteiger partial charge in [0.15, 0.2) is 0 Å². The van der Waals surface area contributed by atoms with Crippen LogP contribution in [0.15, 0.2) is 23.3 Å². The fourth-order valence-corrected chi connectivity index (χ4v) is 4.10. The fraction of sp³-hybridized carbons (Fsp3) is 0.550. The Bertz CT molecular complexity index is 1130. The number of amides is 2. The third-order valence-electron chi connectivity index (χ3n) is 5.95. The molecule has 0 bridgehead atoms. The number of nitrogens with one attached hydrogen (secondary N) is 2. The first-order valence-electron chi connectivity index (χ1n) is 11.0. The van der Waals surface area contributed by atoms with E-state index in [1.807, 2.05) is 5.10 Å². The molecule has 0 spiro atoms. The molecule has 196 valence electrons. The molecule has 16 heteroatoms. The average molecular weight is 520 g/mol. The van der Waals surface area contributed by atoms with Crippen LogP contribution in [0, 0.1) is 0 Å². The molecule has 0 aliphatic carbocycles. The summed E-state index contributed by atoms with van der Waals surface area (Å²) in [6.45, 7) is 1.94. The van der Waals surface area contributed by atoms with Gasteiger partial charge in [-0.05, 0) is 12.8 Å². The number of urea groups is 1. The maximum atomic E-state index is 13.0. The second kappa shape index (κ2) is 9.81. The van der Waals surface area contributed by atoms with Crippen molar-refractivity contribution in [3.05, 3.63) is 39.9 Å². The highest BCUT2D eigenvalue weighted by Crippen LogP contribution is 2.29. The van der Waals surface area contributed by atoms with Crippen molar-refractivity contribution in [1.82, 2.24) is 30.0 Å². The molecule has 0 unspecified atom stereocenters. The molecule has 2 aliphatic heterocycles. The minimum absolute atomic E-state index is 0.143. The first-order chi connectivity index (χ1) is 16.9.